The summed E-state index contributed by atoms with van der Waals surface area (Å²) in [6, 6.07) is 0.640. The normalized spacial score (nSPS) is 25.8. The van der Waals surface area contributed by atoms with Crippen LogP contribution in [0.15, 0.2) is 10.2 Å². The van der Waals surface area contributed by atoms with Gasteiger partial charge in [0.25, 0.3) is 0 Å². The van der Waals surface area contributed by atoms with E-state index in [-0.39, 0.29) is 4.87 Å². The van der Waals surface area contributed by atoms with Crippen LogP contribution in [0.2, 0.25) is 0 Å². The van der Waals surface area contributed by atoms with Gasteiger partial charge in [-0.05, 0) is 38.8 Å². The van der Waals surface area contributed by atoms with E-state index in [0.29, 0.717) is 6.04 Å². The van der Waals surface area contributed by atoms with Crippen LogP contribution < -0.4 is 15.5 Å². The minimum absolute atomic E-state index is 0.0345. The highest BCUT2D eigenvalue weighted by molar-refractivity contribution is 7.07. The van der Waals surface area contributed by atoms with Crippen molar-refractivity contribution < 1.29 is 0 Å². The molecule has 0 spiro atoms. The number of hydrogen-bond acceptors (Lipinski definition) is 4. The summed E-state index contributed by atoms with van der Waals surface area (Å²) in [7, 11) is 0. The van der Waals surface area contributed by atoms with Gasteiger partial charge in [0.15, 0.2) is 0 Å². The van der Waals surface area contributed by atoms with E-state index in [0.717, 1.165) is 31.2 Å². The molecule has 0 saturated carbocycles. The maximum Gasteiger partial charge on any atom is 0.304 e. The van der Waals surface area contributed by atoms with E-state index in [4.69, 9.17) is 0 Å². The van der Waals surface area contributed by atoms with Crippen molar-refractivity contribution in [2.45, 2.75) is 32.4 Å². The topological polar surface area (TPSA) is 56.9 Å². The van der Waals surface area contributed by atoms with Crippen molar-refractivity contribution in [3.8, 4) is 0 Å². The van der Waals surface area contributed by atoms with Gasteiger partial charge in [0.1, 0.15) is 0 Å². The lowest BCUT2D eigenvalue weighted by Crippen LogP contribution is -2.39. The molecule has 0 aromatic carbocycles. The second-order valence-corrected chi connectivity index (χ2v) is 5.39. The van der Waals surface area contributed by atoms with Crippen LogP contribution in [-0.2, 0) is 6.54 Å². The fourth-order valence-electron chi connectivity index (χ4n) is 2.23. The average molecular weight is 241 g/mol. The van der Waals surface area contributed by atoms with Crippen LogP contribution in [0.1, 0.15) is 25.5 Å². The van der Waals surface area contributed by atoms with Gasteiger partial charge in [0.05, 0.1) is 0 Å². The van der Waals surface area contributed by atoms with Gasteiger partial charge in [-0.1, -0.05) is 11.3 Å². The zero-order chi connectivity index (χ0) is 11.4. The first-order valence-corrected chi connectivity index (χ1v) is 6.73. The number of thiazole rings is 1. The van der Waals surface area contributed by atoms with Crippen molar-refractivity contribution in [2.75, 3.05) is 13.1 Å². The summed E-state index contributed by atoms with van der Waals surface area (Å²) in [5.41, 5.74) is 0.997. The lowest BCUT2D eigenvalue weighted by atomic mass is 9.93. The van der Waals surface area contributed by atoms with E-state index in [1.54, 1.807) is 0 Å². The molecule has 2 rings (SSSR count). The van der Waals surface area contributed by atoms with Crippen molar-refractivity contribution in [1.29, 1.82) is 0 Å². The Morgan fingerprint density at radius 2 is 2.50 bits per heavy atom. The monoisotopic (exact) mass is 241 g/mol. The van der Waals surface area contributed by atoms with Gasteiger partial charge in [-0.25, -0.2) is 0 Å². The van der Waals surface area contributed by atoms with Crippen LogP contribution >= 0.6 is 11.3 Å². The molecule has 4 nitrogen and oxygen atoms in total. The van der Waals surface area contributed by atoms with Crippen molar-refractivity contribution >= 4 is 11.3 Å². The van der Waals surface area contributed by atoms with Gasteiger partial charge in [-0.2, -0.15) is 0 Å². The Morgan fingerprint density at radius 1 is 1.62 bits per heavy atom. The zero-order valence-electron chi connectivity index (χ0n) is 9.58. The quantitative estimate of drug-likeness (QED) is 0.734. The maximum atomic E-state index is 10.9. The number of H-pyrrole nitrogens is 1. The number of piperidine rings is 1. The van der Waals surface area contributed by atoms with Crippen LogP contribution in [0.3, 0.4) is 0 Å². The minimum Gasteiger partial charge on any atom is -0.315 e. The van der Waals surface area contributed by atoms with Crippen LogP contribution in [0, 0.1) is 5.92 Å². The van der Waals surface area contributed by atoms with Crippen LogP contribution in [0.5, 0.6) is 0 Å². The summed E-state index contributed by atoms with van der Waals surface area (Å²) in [4.78, 5) is 13.8. The van der Waals surface area contributed by atoms with Crippen molar-refractivity contribution in [1.82, 2.24) is 15.6 Å². The largest absolute Gasteiger partial charge is 0.315 e. The van der Waals surface area contributed by atoms with Crippen LogP contribution in [0.4, 0.5) is 0 Å². The van der Waals surface area contributed by atoms with E-state index < -0.39 is 0 Å². The lowest BCUT2D eigenvalue weighted by molar-refractivity contribution is 0.304. The highest BCUT2D eigenvalue weighted by Crippen LogP contribution is 2.14. The summed E-state index contributed by atoms with van der Waals surface area (Å²) in [5, 5.41) is 8.75. The molecule has 2 heterocycles. The van der Waals surface area contributed by atoms with Gasteiger partial charge < -0.3 is 15.6 Å². The Labute approximate surface area is 99.5 Å². The second-order valence-electron chi connectivity index (χ2n) is 4.55. The molecule has 0 aliphatic carbocycles. The zero-order valence-corrected chi connectivity index (χ0v) is 10.4. The lowest BCUT2D eigenvalue weighted by Gasteiger charge is -2.28. The molecule has 1 aliphatic rings. The number of aromatic amines is 1. The molecule has 16 heavy (non-hydrogen) atoms. The molecular formula is C11H19N3OS. The molecule has 5 heteroatoms. The first-order chi connectivity index (χ1) is 7.74. The number of nitrogens with one attached hydrogen (secondary N) is 3. The van der Waals surface area contributed by atoms with Gasteiger partial charge in [-0.15, -0.1) is 0 Å². The summed E-state index contributed by atoms with van der Waals surface area (Å²) in [5.74, 6) is 0.765. The molecule has 1 aromatic rings. The third kappa shape index (κ3) is 3.43. The average Bonchev–Trinajstić information content (AvgIpc) is 2.64. The molecule has 90 valence electrons. The van der Waals surface area contributed by atoms with Crippen molar-refractivity contribution in [3.63, 3.8) is 0 Å². The molecule has 0 bridgehead atoms. The van der Waals surface area contributed by atoms with Gasteiger partial charge in [0, 0.05) is 23.7 Å². The smallest absolute Gasteiger partial charge is 0.304 e. The fourth-order valence-corrected chi connectivity index (χ4v) is 2.81. The third-order valence-corrected chi connectivity index (χ3v) is 3.77. The highest BCUT2D eigenvalue weighted by atomic mass is 32.1. The number of aromatic nitrogens is 1. The Morgan fingerprint density at radius 3 is 3.19 bits per heavy atom. The third-order valence-electron chi connectivity index (χ3n) is 3.05. The molecular weight excluding hydrogens is 222 g/mol. The van der Waals surface area contributed by atoms with E-state index in [2.05, 4.69) is 22.5 Å². The van der Waals surface area contributed by atoms with E-state index in [1.807, 2.05) is 5.38 Å². The van der Waals surface area contributed by atoms with Crippen molar-refractivity contribution in [3.05, 3.63) is 20.7 Å². The Bertz CT molecular complexity index is 373. The summed E-state index contributed by atoms with van der Waals surface area (Å²) in [6.07, 6.45) is 2.49. The number of rotatable bonds is 4. The van der Waals surface area contributed by atoms with Gasteiger partial charge >= 0.3 is 4.87 Å². The molecule has 2 unspecified atom stereocenters. The molecule has 1 fully saturated rings. The molecule has 1 saturated heterocycles. The van der Waals surface area contributed by atoms with Gasteiger partial charge in [0.2, 0.25) is 0 Å². The van der Waals surface area contributed by atoms with Crippen LogP contribution in [-0.4, -0.2) is 24.1 Å². The SMILES string of the molecule is CC1CC(CNCc2csc(=O)[nH]2)CCN1. The molecule has 0 radical (unpaired) electrons. The molecule has 1 aliphatic heterocycles. The first-order valence-electron chi connectivity index (χ1n) is 5.85. The van der Waals surface area contributed by atoms with E-state index in [9.17, 15) is 4.79 Å². The Kier molecular flexibility index (Phi) is 4.15. The molecule has 2 atom stereocenters. The standard InChI is InChI=1S/C11H19N3OS/c1-8-4-9(2-3-13-8)5-12-6-10-7-16-11(15)14-10/h7-9,12-13H,2-6H2,1H3,(H,14,15). The fraction of sp³-hybridized carbons (Fsp3) is 0.727. The van der Waals surface area contributed by atoms with E-state index in [1.165, 1.54) is 24.2 Å². The van der Waals surface area contributed by atoms with E-state index >= 15 is 0 Å². The van der Waals surface area contributed by atoms with Gasteiger partial charge in [-0.3, -0.25) is 4.79 Å². The molecule has 1 aromatic heterocycles. The summed E-state index contributed by atoms with van der Waals surface area (Å²) >= 11 is 1.23. The highest BCUT2D eigenvalue weighted by Gasteiger charge is 2.17. The Balaban J connectivity index is 1.69. The predicted molar refractivity (Wildman–Crippen MR) is 66.8 cm³/mol. The first kappa shape index (κ1) is 11.8. The summed E-state index contributed by atoms with van der Waals surface area (Å²) < 4.78 is 0. The van der Waals surface area contributed by atoms with Crippen molar-refractivity contribution in [2.24, 2.45) is 5.92 Å². The molecule has 0 amide bonds. The summed E-state index contributed by atoms with van der Waals surface area (Å²) in [6.45, 7) is 5.19. The second kappa shape index (κ2) is 5.61. The number of hydrogen-bond donors (Lipinski definition) is 3. The minimum atomic E-state index is 0.0345. The Hall–Kier alpha value is -0.650. The predicted octanol–water partition coefficient (Wildman–Crippen LogP) is 0.914. The molecule has 3 N–H and O–H groups in total. The van der Waals surface area contributed by atoms with Crippen LogP contribution in [0.25, 0.3) is 0 Å². The maximum absolute atomic E-state index is 10.9.